The summed E-state index contributed by atoms with van der Waals surface area (Å²) in [7, 11) is 0. The first kappa shape index (κ1) is 12.7. The molecule has 1 N–H and O–H groups in total. The van der Waals surface area contributed by atoms with Gasteiger partial charge in [0.25, 0.3) is 0 Å². The van der Waals surface area contributed by atoms with Crippen molar-refractivity contribution in [3.8, 4) is 0 Å². The van der Waals surface area contributed by atoms with Gasteiger partial charge >= 0.3 is 0 Å². The molecule has 3 aromatic rings. The van der Waals surface area contributed by atoms with Crippen LogP contribution in [0.3, 0.4) is 0 Å². The number of fused-ring (bicyclic) bond motifs is 1. The molecule has 0 spiro atoms. The molecule has 0 bridgehead atoms. The third-order valence-electron chi connectivity index (χ3n) is 2.91. The van der Waals surface area contributed by atoms with Crippen LogP contribution in [-0.2, 0) is 6.42 Å². The van der Waals surface area contributed by atoms with Crippen molar-refractivity contribution in [3.05, 3.63) is 57.8 Å². The van der Waals surface area contributed by atoms with Crippen molar-refractivity contribution in [2.75, 3.05) is 0 Å². The Morgan fingerprint density at radius 1 is 1.11 bits per heavy atom. The maximum atomic E-state index is 13.5. The molecule has 2 heterocycles. The second-order valence-corrected chi connectivity index (χ2v) is 6.32. The fraction of sp³-hybridized carbons (Fsp3) is 0.143. The average Bonchev–Trinajstić information content (AvgIpc) is 2.94. The fourth-order valence-corrected chi connectivity index (χ4v) is 4.06. The van der Waals surface area contributed by atoms with Crippen molar-refractivity contribution < 1.29 is 13.9 Å². The van der Waals surface area contributed by atoms with E-state index in [9.17, 15) is 13.9 Å². The number of benzene rings is 1. The number of aliphatic hydroxyl groups is 1. The second kappa shape index (κ2) is 5.00. The topological polar surface area (TPSA) is 20.2 Å². The first-order valence-corrected chi connectivity index (χ1v) is 7.42. The molecule has 0 saturated carbocycles. The maximum absolute atomic E-state index is 13.5. The minimum absolute atomic E-state index is 0.0807. The molecule has 19 heavy (non-hydrogen) atoms. The number of aliphatic hydroxyl groups excluding tert-OH is 1. The van der Waals surface area contributed by atoms with E-state index in [-0.39, 0.29) is 12.0 Å². The molecule has 0 aliphatic heterocycles. The quantitative estimate of drug-likeness (QED) is 0.753. The van der Waals surface area contributed by atoms with Gasteiger partial charge in [-0.3, -0.25) is 0 Å². The van der Waals surface area contributed by atoms with Gasteiger partial charge in [0.1, 0.15) is 11.6 Å². The van der Waals surface area contributed by atoms with E-state index >= 15 is 0 Å². The Morgan fingerprint density at radius 2 is 1.95 bits per heavy atom. The molecule has 5 heteroatoms. The second-order valence-electron chi connectivity index (χ2n) is 4.25. The Labute approximate surface area is 116 Å². The summed E-state index contributed by atoms with van der Waals surface area (Å²) in [4.78, 5) is 0.783. The summed E-state index contributed by atoms with van der Waals surface area (Å²) in [5.41, 5.74) is 0.198. The summed E-state index contributed by atoms with van der Waals surface area (Å²) in [5, 5.41) is 12.1. The highest BCUT2D eigenvalue weighted by molar-refractivity contribution is 7.26. The molecule has 1 atom stereocenters. The Morgan fingerprint density at radius 3 is 2.74 bits per heavy atom. The van der Waals surface area contributed by atoms with Crippen LogP contribution >= 0.6 is 22.7 Å². The van der Waals surface area contributed by atoms with Crippen LogP contribution in [0.1, 0.15) is 16.5 Å². The Kier molecular flexibility index (Phi) is 3.35. The Bertz CT molecular complexity index is 689. The molecule has 0 fully saturated rings. The van der Waals surface area contributed by atoms with E-state index in [4.69, 9.17) is 0 Å². The van der Waals surface area contributed by atoms with Gasteiger partial charge in [-0.05, 0) is 41.3 Å². The van der Waals surface area contributed by atoms with Crippen molar-refractivity contribution in [2.24, 2.45) is 0 Å². The number of hydrogen-bond donors (Lipinski definition) is 1. The smallest absolute Gasteiger partial charge is 0.126 e. The third-order valence-corrected chi connectivity index (χ3v) is 5.10. The van der Waals surface area contributed by atoms with Crippen molar-refractivity contribution in [2.45, 2.75) is 12.5 Å². The fourth-order valence-electron chi connectivity index (χ4n) is 1.96. The summed E-state index contributed by atoms with van der Waals surface area (Å²) in [5.74, 6) is -0.977. The summed E-state index contributed by atoms with van der Waals surface area (Å²) in [6.07, 6.45) is -0.724. The van der Waals surface area contributed by atoms with Gasteiger partial charge in [0.05, 0.1) is 6.10 Å². The molecule has 0 aliphatic rings. The number of halogens is 2. The van der Waals surface area contributed by atoms with Gasteiger partial charge in [0.15, 0.2) is 0 Å². The molecule has 2 aromatic heterocycles. The molecular formula is C14H10F2OS2. The van der Waals surface area contributed by atoms with Gasteiger partial charge in [-0.2, -0.15) is 0 Å². The molecule has 1 nitrogen and oxygen atoms in total. The molecule has 0 radical (unpaired) electrons. The van der Waals surface area contributed by atoms with Gasteiger partial charge in [-0.25, -0.2) is 8.78 Å². The van der Waals surface area contributed by atoms with E-state index in [0.717, 1.165) is 32.5 Å². The molecule has 3 rings (SSSR count). The van der Waals surface area contributed by atoms with Crippen LogP contribution in [0.5, 0.6) is 0 Å². The highest BCUT2D eigenvalue weighted by Crippen LogP contribution is 2.34. The third kappa shape index (κ3) is 2.54. The minimum Gasteiger partial charge on any atom is -0.387 e. The van der Waals surface area contributed by atoms with Crippen LogP contribution in [-0.4, -0.2) is 5.11 Å². The molecule has 0 amide bonds. The number of rotatable bonds is 3. The van der Waals surface area contributed by atoms with Crippen LogP contribution in [0.2, 0.25) is 0 Å². The largest absolute Gasteiger partial charge is 0.387 e. The summed E-state index contributed by atoms with van der Waals surface area (Å²) in [6.45, 7) is 0. The predicted octanol–water partition coefficient (Wildman–Crippen LogP) is 4.52. The highest BCUT2D eigenvalue weighted by atomic mass is 32.1. The lowest BCUT2D eigenvalue weighted by Crippen LogP contribution is -2.02. The van der Waals surface area contributed by atoms with Crippen LogP contribution in [0.4, 0.5) is 8.78 Å². The maximum Gasteiger partial charge on any atom is 0.126 e. The van der Waals surface area contributed by atoms with Gasteiger partial charge in [-0.15, -0.1) is 22.7 Å². The normalized spacial score (nSPS) is 13.0. The lowest BCUT2D eigenvalue weighted by molar-refractivity contribution is 0.181. The van der Waals surface area contributed by atoms with E-state index in [1.54, 1.807) is 11.3 Å². The Balaban J connectivity index is 1.86. The van der Waals surface area contributed by atoms with E-state index in [2.05, 4.69) is 0 Å². The Hall–Kier alpha value is -1.30. The van der Waals surface area contributed by atoms with Crippen LogP contribution in [0, 0.1) is 11.6 Å². The molecule has 1 unspecified atom stereocenters. The minimum atomic E-state index is -0.805. The highest BCUT2D eigenvalue weighted by Gasteiger charge is 2.15. The van der Waals surface area contributed by atoms with Crippen molar-refractivity contribution in [3.63, 3.8) is 0 Å². The molecule has 0 saturated heterocycles. The van der Waals surface area contributed by atoms with Gasteiger partial charge < -0.3 is 5.11 Å². The monoisotopic (exact) mass is 296 g/mol. The van der Waals surface area contributed by atoms with Crippen molar-refractivity contribution >= 4 is 32.1 Å². The molecule has 1 aromatic carbocycles. The van der Waals surface area contributed by atoms with E-state index in [1.807, 2.05) is 17.5 Å². The first-order chi connectivity index (χ1) is 9.13. The van der Waals surface area contributed by atoms with E-state index in [1.165, 1.54) is 11.3 Å². The van der Waals surface area contributed by atoms with E-state index < -0.39 is 17.7 Å². The molecule has 98 valence electrons. The standard InChI is InChI=1S/C14H10F2OS2/c15-9-1-2-10(16)8(5-9)6-11(17)13-7-14-12(19-13)3-4-18-14/h1-5,7,11,17H,6H2. The predicted molar refractivity (Wildman–Crippen MR) is 74.7 cm³/mol. The van der Waals surface area contributed by atoms with Crippen LogP contribution < -0.4 is 0 Å². The molecule has 0 aliphatic carbocycles. The zero-order valence-corrected chi connectivity index (χ0v) is 11.4. The average molecular weight is 296 g/mol. The SMILES string of the molecule is OC(Cc1cc(F)ccc1F)c1cc2sccc2s1. The number of thiophene rings is 2. The van der Waals surface area contributed by atoms with Crippen molar-refractivity contribution in [1.29, 1.82) is 0 Å². The van der Waals surface area contributed by atoms with Gasteiger partial charge in [0, 0.05) is 20.7 Å². The summed E-state index contributed by atoms with van der Waals surface area (Å²) < 4.78 is 28.8. The lowest BCUT2D eigenvalue weighted by Gasteiger charge is -2.09. The van der Waals surface area contributed by atoms with Crippen LogP contribution in [0.15, 0.2) is 35.7 Å². The zero-order chi connectivity index (χ0) is 13.4. The van der Waals surface area contributed by atoms with Gasteiger partial charge in [0.2, 0.25) is 0 Å². The summed E-state index contributed by atoms with van der Waals surface area (Å²) >= 11 is 3.09. The van der Waals surface area contributed by atoms with Crippen molar-refractivity contribution in [1.82, 2.24) is 0 Å². The van der Waals surface area contributed by atoms with Crippen LogP contribution in [0.25, 0.3) is 9.40 Å². The van der Waals surface area contributed by atoms with Gasteiger partial charge in [-0.1, -0.05) is 0 Å². The lowest BCUT2D eigenvalue weighted by atomic mass is 10.1. The molecular weight excluding hydrogens is 286 g/mol. The summed E-state index contributed by atoms with van der Waals surface area (Å²) in [6, 6.07) is 7.20. The zero-order valence-electron chi connectivity index (χ0n) is 9.77. The first-order valence-electron chi connectivity index (χ1n) is 5.72. The number of hydrogen-bond acceptors (Lipinski definition) is 3. The van der Waals surface area contributed by atoms with E-state index in [0.29, 0.717) is 0 Å².